The van der Waals surface area contributed by atoms with Gasteiger partial charge in [-0.3, -0.25) is 4.79 Å². The van der Waals surface area contributed by atoms with E-state index in [-0.39, 0.29) is 30.6 Å². The van der Waals surface area contributed by atoms with Crippen LogP contribution >= 0.6 is 0 Å². The van der Waals surface area contributed by atoms with Crippen molar-refractivity contribution < 1.29 is 18.7 Å². The van der Waals surface area contributed by atoms with Gasteiger partial charge < -0.3 is 9.47 Å². The minimum atomic E-state index is -0.363. The van der Waals surface area contributed by atoms with Gasteiger partial charge in [0.15, 0.2) is 11.6 Å². The van der Waals surface area contributed by atoms with Gasteiger partial charge in [0, 0.05) is 0 Å². The summed E-state index contributed by atoms with van der Waals surface area (Å²) in [6, 6.07) is 10.7. The molecule has 122 valence electrons. The van der Waals surface area contributed by atoms with Gasteiger partial charge in [-0.05, 0) is 47.7 Å². The topological polar surface area (TPSA) is 35.5 Å². The van der Waals surface area contributed by atoms with E-state index in [9.17, 15) is 9.18 Å². The summed E-state index contributed by atoms with van der Waals surface area (Å²) in [6.45, 7) is 4.14. The Labute approximate surface area is 136 Å². The molecule has 2 rings (SSSR count). The second kappa shape index (κ2) is 7.77. The van der Waals surface area contributed by atoms with Gasteiger partial charge in [0.2, 0.25) is 0 Å². The molecule has 0 saturated heterocycles. The Morgan fingerprint density at radius 3 is 2.48 bits per heavy atom. The van der Waals surface area contributed by atoms with E-state index >= 15 is 0 Å². The van der Waals surface area contributed by atoms with Crippen LogP contribution in [0.1, 0.15) is 29.2 Å². The number of carbonyl (C=O) groups is 1. The smallest absolute Gasteiger partial charge is 0.309 e. The minimum Gasteiger partial charge on any atom is -0.486 e. The third-order valence-corrected chi connectivity index (χ3v) is 3.84. The van der Waals surface area contributed by atoms with Crippen LogP contribution in [-0.2, 0) is 29.0 Å². The summed E-state index contributed by atoms with van der Waals surface area (Å²) in [6.07, 6.45) is 0.956. The van der Waals surface area contributed by atoms with E-state index in [2.05, 4.69) is 0 Å². The van der Waals surface area contributed by atoms with E-state index < -0.39 is 0 Å². The summed E-state index contributed by atoms with van der Waals surface area (Å²) < 4.78 is 24.4. The van der Waals surface area contributed by atoms with Gasteiger partial charge in [-0.2, -0.15) is 0 Å². The Morgan fingerprint density at radius 1 is 1.13 bits per heavy atom. The van der Waals surface area contributed by atoms with Crippen molar-refractivity contribution in [3.8, 4) is 5.75 Å². The number of ether oxygens (including phenoxy) is 2. The van der Waals surface area contributed by atoms with Gasteiger partial charge in [-0.15, -0.1) is 0 Å². The Balaban J connectivity index is 2.15. The Kier molecular flexibility index (Phi) is 5.74. The first-order valence-electron chi connectivity index (χ1n) is 7.60. The van der Waals surface area contributed by atoms with Crippen LogP contribution in [0.3, 0.4) is 0 Å². The van der Waals surface area contributed by atoms with Crippen LogP contribution in [0.25, 0.3) is 0 Å². The number of hydrogen-bond acceptors (Lipinski definition) is 3. The standard InChI is InChI=1S/C19H21FO3/c1-4-14-10-17(20)18(9-13(14)2)23-12-16-8-6-5-7-15(16)11-19(21)22-3/h5-10H,4,11-12H2,1-3H3. The molecule has 2 aromatic rings. The lowest BCUT2D eigenvalue weighted by Gasteiger charge is -2.13. The van der Waals surface area contributed by atoms with Crippen LogP contribution in [-0.4, -0.2) is 13.1 Å². The molecule has 0 amide bonds. The molecule has 4 heteroatoms. The molecular formula is C19H21FO3. The van der Waals surface area contributed by atoms with Crippen molar-refractivity contribution in [1.82, 2.24) is 0 Å². The zero-order valence-corrected chi connectivity index (χ0v) is 13.7. The van der Waals surface area contributed by atoms with Crippen molar-refractivity contribution >= 4 is 5.97 Å². The van der Waals surface area contributed by atoms with Crippen LogP contribution in [0.5, 0.6) is 5.75 Å². The molecule has 0 aliphatic heterocycles. The molecule has 0 unspecified atom stereocenters. The van der Waals surface area contributed by atoms with E-state index in [0.717, 1.165) is 28.7 Å². The number of halogens is 1. The summed E-state index contributed by atoms with van der Waals surface area (Å²) >= 11 is 0. The van der Waals surface area contributed by atoms with E-state index in [1.165, 1.54) is 13.2 Å². The molecule has 23 heavy (non-hydrogen) atoms. The molecule has 0 aromatic heterocycles. The highest BCUT2D eigenvalue weighted by Crippen LogP contribution is 2.24. The van der Waals surface area contributed by atoms with Crippen molar-refractivity contribution in [2.45, 2.75) is 33.3 Å². The summed E-state index contributed by atoms with van der Waals surface area (Å²) in [7, 11) is 1.36. The highest BCUT2D eigenvalue weighted by molar-refractivity contribution is 5.72. The van der Waals surface area contributed by atoms with E-state index in [1.807, 2.05) is 38.1 Å². The number of hydrogen-bond donors (Lipinski definition) is 0. The molecule has 0 spiro atoms. The largest absolute Gasteiger partial charge is 0.486 e. The number of benzene rings is 2. The minimum absolute atomic E-state index is 0.173. The average Bonchev–Trinajstić information content (AvgIpc) is 2.56. The molecular weight excluding hydrogens is 295 g/mol. The van der Waals surface area contributed by atoms with Gasteiger partial charge in [0.05, 0.1) is 13.5 Å². The first-order chi connectivity index (χ1) is 11.0. The van der Waals surface area contributed by atoms with E-state index in [0.29, 0.717) is 0 Å². The molecule has 0 atom stereocenters. The highest BCUT2D eigenvalue weighted by atomic mass is 19.1. The fraction of sp³-hybridized carbons (Fsp3) is 0.316. The molecule has 0 N–H and O–H groups in total. The van der Waals surface area contributed by atoms with Gasteiger partial charge in [0.25, 0.3) is 0 Å². The Hall–Kier alpha value is -2.36. The number of rotatable bonds is 6. The molecule has 0 heterocycles. The van der Waals surface area contributed by atoms with Crippen LogP contribution in [0, 0.1) is 12.7 Å². The molecule has 0 aliphatic carbocycles. The number of carbonyl (C=O) groups excluding carboxylic acids is 1. The summed E-state index contributed by atoms with van der Waals surface area (Å²) in [4.78, 5) is 11.5. The van der Waals surface area contributed by atoms with Crippen LogP contribution in [0.2, 0.25) is 0 Å². The zero-order valence-electron chi connectivity index (χ0n) is 13.7. The van der Waals surface area contributed by atoms with Crippen LogP contribution in [0.4, 0.5) is 4.39 Å². The Bertz CT molecular complexity index is 695. The quantitative estimate of drug-likeness (QED) is 0.756. The molecule has 0 saturated carbocycles. The lowest BCUT2D eigenvalue weighted by Crippen LogP contribution is -2.08. The maximum absolute atomic E-state index is 14.1. The van der Waals surface area contributed by atoms with Gasteiger partial charge in [-0.1, -0.05) is 31.2 Å². The van der Waals surface area contributed by atoms with Crippen molar-refractivity contribution in [3.05, 3.63) is 64.5 Å². The molecule has 2 aromatic carbocycles. The maximum atomic E-state index is 14.1. The fourth-order valence-electron chi connectivity index (χ4n) is 2.44. The second-order valence-corrected chi connectivity index (χ2v) is 5.37. The van der Waals surface area contributed by atoms with E-state index in [1.54, 1.807) is 6.07 Å². The lowest BCUT2D eigenvalue weighted by molar-refractivity contribution is -0.139. The first kappa shape index (κ1) is 17.0. The lowest BCUT2D eigenvalue weighted by atomic mass is 10.0. The molecule has 0 fully saturated rings. The summed E-state index contributed by atoms with van der Waals surface area (Å²) in [5.74, 6) is -0.447. The predicted octanol–water partition coefficient (Wildman–Crippen LogP) is 3.99. The third-order valence-electron chi connectivity index (χ3n) is 3.84. The molecule has 0 aliphatic rings. The predicted molar refractivity (Wildman–Crippen MR) is 87.0 cm³/mol. The first-order valence-corrected chi connectivity index (χ1v) is 7.60. The van der Waals surface area contributed by atoms with Crippen molar-refractivity contribution in [3.63, 3.8) is 0 Å². The number of esters is 1. The second-order valence-electron chi connectivity index (χ2n) is 5.37. The maximum Gasteiger partial charge on any atom is 0.309 e. The fourth-order valence-corrected chi connectivity index (χ4v) is 2.44. The van der Waals surface area contributed by atoms with Gasteiger partial charge >= 0.3 is 5.97 Å². The molecule has 0 radical (unpaired) electrons. The van der Waals surface area contributed by atoms with Crippen molar-refractivity contribution in [2.24, 2.45) is 0 Å². The molecule has 3 nitrogen and oxygen atoms in total. The highest BCUT2D eigenvalue weighted by Gasteiger charge is 2.11. The normalized spacial score (nSPS) is 10.4. The monoisotopic (exact) mass is 316 g/mol. The average molecular weight is 316 g/mol. The van der Waals surface area contributed by atoms with Gasteiger partial charge in [-0.25, -0.2) is 4.39 Å². The number of aryl methyl sites for hydroxylation is 2. The Morgan fingerprint density at radius 2 is 1.83 bits per heavy atom. The summed E-state index contributed by atoms with van der Waals surface area (Å²) in [5, 5.41) is 0. The van der Waals surface area contributed by atoms with Crippen LogP contribution in [0.15, 0.2) is 36.4 Å². The SMILES string of the molecule is CCc1cc(F)c(OCc2ccccc2CC(=O)OC)cc1C. The van der Waals surface area contributed by atoms with Crippen LogP contribution < -0.4 is 4.74 Å². The van der Waals surface area contributed by atoms with Gasteiger partial charge in [0.1, 0.15) is 6.61 Å². The van der Waals surface area contributed by atoms with Crippen molar-refractivity contribution in [1.29, 1.82) is 0 Å². The van der Waals surface area contributed by atoms with E-state index in [4.69, 9.17) is 9.47 Å². The zero-order chi connectivity index (χ0) is 16.8. The molecule has 0 bridgehead atoms. The third kappa shape index (κ3) is 4.31. The van der Waals surface area contributed by atoms with Crippen molar-refractivity contribution in [2.75, 3.05) is 7.11 Å². The number of methoxy groups -OCH3 is 1. The summed E-state index contributed by atoms with van der Waals surface area (Å²) in [5.41, 5.74) is 3.64.